The molecule has 0 spiro atoms. The third kappa shape index (κ3) is 2.31. The SMILES string of the molecule is Oc1cccc(NC2CCSC2)c1. The van der Waals surface area contributed by atoms with E-state index in [2.05, 4.69) is 5.32 Å². The zero-order valence-corrected chi connectivity index (χ0v) is 8.18. The maximum atomic E-state index is 9.24. The largest absolute Gasteiger partial charge is 0.508 e. The number of anilines is 1. The number of phenols is 1. The molecule has 1 aromatic carbocycles. The molecule has 1 heterocycles. The van der Waals surface area contributed by atoms with Crippen molar-refractivity contribution in [1.82, 2.24) is 0 Å². The molecule has 1 aliphatic rings. The van der Waals surface area contributed by atoms with E-state index in [4.69, 9.17) is 0 Å². The van der Waals surface area contributed by atoms with Crippen molar-refractivity contribution in [3.63, 3.8) is 0 Å². The Morgan fingerprint density at radius 2 is 2.38 bits per heavy atom. The molecule has 1 fully saturated rings. The van der Waals surface area contributed by atoms with Gasteiger partial charge in [-0.15, -0.1) is 0 Å². The minimum atomic E-state index is 0.329. The van der Waals surface area contributed by atoms with Gasteiger partial charge in [-0.3, -0.25) is 0 Å². The average molecular weight is 195 g/mol. The highest BCUT2D eigenvalue weighted by molar-refractivity contribution is 7.99. The standard InChI is InChI=1S/C10H13NOS/c12-10-3-1-2-8(6-10)11-9-4-5-13-7-9/h1-3,6,9,11-12H,4-5,7H2. The van der Waals surface area contributed by atoms with Crippen LogP contribution in [0.25, 0.3) is 0 Å². The van der Waals surface area contributed by atoms with Crippen molar-refractivity contribution in [3.8, 4) is 5.75 Å². The van der Waals surface area contributed by atoms with Crippen LogP contribution in [0.4, 0.5) is 5.69 Å². The molecule has 1 atom stereocenters. The van der Waals surface area contributed by atoms with Crippen molar-refractivity contribution in [1.29, 1.82) is 0 Å². The predicted octanol–water partition coefficient (Wildman–Crippen LogP) is 2.31. The summed E-state index contributed by atoms with van der Waals surface area (Å²) >= 11 is 1.98. The van der Waals surface area contributed by atoms with E-state index in [-0.39, 0.29) is 0 Å². The van der Waals surface area contributed by atoms with E-state index in [0.29, 0.717) is 11.8 Å². The average Bonchev–Trinajstić information content (AvgIpc) is 2.57. The number of rotatable bonds is 2. The molecule has 0 aliphatic carbocycles. The van der Waals surface area contributed by atoms with Crippen LogP contribution >= 0.6 is 11.8 Å². The fourth-order valence-corrected chi connectivity index (χ4v) is 2.63. The predicted molar refractivity (Wildman–Crippen MR) is 57.5 cm³/mol. The number of nitrogens with one attached hydrogen (secondary N) is 1. The molecule has 70 valence electrons. The van der Waals surface area contributed by atoms with Crippen molar-refractivity contribution < 1.29 is 5.11 Å². The zero-order valence-electron chi connectivity index (χ0n) is 7.36. The van der Waals surface area contributed by atoms with Gasteiger partial charge < -0.3 is 10.4 Å². The van der Waals surface area contributed by atoms with Gasteiger partial charge in [0.05, 0.1) is 0 Å². The minimum absolute atomic E-state index is 0.329. The number of phenolic OH excluding ortho intramolecular Hbond substituents is 1. The van der Waals surface area contributed by atoms with E-state index < -0.39 is 0 Å². The Labute approximate surface area is 82.4 Å². The second-order valence-corrected chi connectivity index (χ2v) is 4.41. The van der Waals surface area contributed by atoms with E-state index >= 15 is 0 Å². The smallest absolute Gasteiger partial charge is 0.117 e. The van der Waals surface area contributed by atoms with Crippen LogP contribution in [0.1, 0.15) is 6.42 Å². The molecule has 1 aliphatic heterocycles. The van der Waals surface area contributed by atoms with Gasteiger partial charge in [-0.05, 0) is 24.3 Å². The fraction of sp³-hybridized carbons (Fsp3) is 0.400. The minimum Gasteiger partial charge on any atom is -0.508 e. The monoisotopic (exact) mass is 195 g/mol. The van der Waals surface area contributed by atoms with Crippen LogP contribution in [0, 0.1) is 0 Å². The van der Waals surface area contributed by atoms with Crippen molar-refractivity contribution in [2.45, 2.75) is 12.5 Å². The number of thioether (sulfide) groups is 1. The highest BCUT2D eigenvalue weighted by Gasteiger charge is 2.14. The molecule has 1 saturated heterocycles. The van der Waals surface area contributed by atoms with Crippen LogP contribution in [0.15, 0.2) is 24.3 Å². The molecule has 1 aromatic rings. The van der Waals surface area contributed by atoms with Crippen LogP contribution in [-0.2, 0) is 0 Å². The van der Waals surface area contributed by atoms with E-state index in [1.165, 1.54) is 17.9 Å². The van der Waals surface area contributed by atoms with Crippen molar-refractivity contribution in [3.05, 3.63) is 24.3 Å². The molecule has 3 heteroatoms. The fourth-order valence-electron chi connectivity index (χ4n) is 1.48. The van der Waals surface area contributed by atoms with Gasteiger partial charge in [0, 0.05) is 23.5 Å². The third-order valence-electron chi connectivity index (χ3n) is 2.15. The van der Waals surface area contributed by atoms with E-state index in [1.807, 2.05) is 23.9 Å². The Morgan fingerprint density at radius 1 is 1.46 bits per heavy atom. The Bertz CT molecular complexity index is 284. The van der Waals surface area contributed by atoms with Gasteiger partial charge >= 0.3 is 0 Å². The molecule has 0 amide bonds. The summed E-state index contributed by atoms with van der Waals surface area (Å²) in [6.45, 7) is 0. The molecule has 2 rings (SSSR count). The molecule has 0 aromatic heterocycles. The summed E-state index contributed by atoms with van der Waals surface area (Å²) in [4.78, 5) is 0. The molecule has 13 heavy (non-hydrogen) atoms. The third-order valence-corrected chi connectivity index (χ3v) is 3.31. The molecular formula is C10H13NOS. The lowest BCUT2D eigenvalue weighted by molar-refractivity contribution is 0.475. The van der Waals surface area contributed by atoms with Crippen molar-refractivity contribution >= 4 is 17.4 Å². The first-order valence-electron chi connectivity index (χ1n) is 4.48. The van der Waals surface area contributed by atoms with Crippen LogP contribution in [0.5, 0.6) is 5.75 Å². The number of hydrogen-bond donors (Lipinski definition) is 2. The highest BCUT2D eigenvalue weighted by Crippen LogP contribution is 2.22. The maximum Gasteiger partial charge on any atom is 0.117 e. The second-order valence-electron chi connectivity index (χ2n) is 3.26. The molecule has 2 nitrogen and oxygen atoms in total. The van der Waals surface area contributed by atoms with Gasteiger partial charge in [0.25, 0.3) is 0 Å². The number of aromatic hydroxyl groups is 1. The molecule has 0 radical (unpaired) electrons. The lowest BCUT2D eigenvalue weighted by atomic mass is 10.2. The lowest BCUT2D eigenvalue weighted by Crippen LogP contribution is -2.17. The topological polar surface area (TPSA) is 32.3 Å². The summed E-state index contributed by atoms with van der Waals surface area (Å²) in [7, 11) is 0. The van der Waals surface area contributed by atoms with Gasteiger partial charge in [0.1, 0.15) is 5.75 Å². The normalized spacial score (nSPS) is 21.7. The highest BCUT2D eigenvalue weighted by atomic mass is 32.2. The first kappa shape index (κ1) is 8.75. The van der Waals surface area contributed by atoms with Crippen molar-refractivity contribution in [2.24, 2.45) is 0 Å². The van der Waals surface area contributed by atoms with Gasteiger partial charge in [0.15, 0.2) is 0 Å². The molecule has 0 bridgehead atoms. The summed E-state index contributed by atoms with van der Waals surface area (Å²) in [5, 5.41) is 12.6. The van der Waals surface area contributed by atoms with Gasteiger partial charge in [0.2, 0.25) is 0 Å². The Hall–Kier alpha value is -0.830. The lowest BCUT2D eigenvalue weighted by Gasteiger charge is -2.12. The molecule has 1 unspecified atom stereocenters. The molecule has 0 saturated carbocycles. The van der Waals surface area contributed by atoms with Crippen LogP contribution in [-0.4, -0.2) is 22.7 Å². The van der Waals surface area contributed by atoms with Gasteiger partial charge in [-0.1, -0.05) is 6.07 Å². The van der Waals surface area contributed by atoms with Crippen LogP contribution in [0.2, 0.25) is 0 Å². The zero-order chi connectivity index (χ0) is 9.10. The number of hydrogen-bond acceptors (Lipinski definition) is 3. The molecule has 2 N–H and O–H groups in total. The van der Waals surface area contributed by atoms with E-state index in [1.54, 1.807) is 12.1 Å². The summed E-state index contributed by atoms with van der Waals surface area (Å²) in [5.74, 6) is 2.75. The van der Waals surface area contributed by atoms with E-state index in [9.17, 15) is 5.11 Å². The Morgan fingerprint density at radius 3 is 3.08 bits per heavy atom. The quantitative estimate of drug-likeness (QED) is 0.759. The summed E-state index contributed by atoms with van der Waals surface area (Å²) in [6.07, 6.45) is 1.22. The number of benzene rings is 1. The summed E-state index contributed by atoms with van der Waals surface area (Å²) < 4.78 is 0. The van der Waals surface area contributed by atoms with Crippen LogP contribution in [0.3, 0.4) is 0 Å². The molecular weight excluding hydrogens is 182 g/mol. The second kappa shape index (κ2) is 3.92. The van der Waals surface area contributed by atoms with Crippen LogP contribution < -0.4 is 5.32 Å². The maximum absolute atomic E-state index is 9.24. The Kier molecular flexibility index (Phi) is 2.64. The van der Waals surface area contributed by atoms with Gasteiger partial charge in [-0.25, -0.2) is 0 Å². The van der Waals surface area contributed by atoms with Gasteiger partial charge in [-0.2, -0.15) is 11.8 Å². The van der Waals surface area contributed by atoms with E-state index in [0.717, 1.165) is 5.69 Å². The Balaban J connectivity index is 2.00. The first-order chi connectivity index (χ1) is 6.34. The van der Waals surface area contributed by atoms with Crippen molar-refractivity contribution in [2.75, 3.05) is 16.8 Å². The summed E-state index contributed by atoms with van der Waals surface area (Å²) in [5.41, 5.74) is 1.02. The first-order valence-corrected chi connectivity index (χ1v) is 5.63. The summed E-state index contributed by atoms with van der Waals surface area (Å²) in [6, 6.07) is 7.88.